The molecule has 0 spiro atoms. The van der Waals surface area contributed by atoms with Gasteiger partial charge in [0.1, 0.15) is 5.75 Å². The van der Waals surface area contributed by atoms with Crippen LogP contribution >= 0.6 is 31.9 Å². The van der Waals surface area contributed by atoms with E-state index in [-0.39, 0.29) is 0 Å². The molecule has 112 valence electrons. The second kappa shape index (κ2) is 7.80. The number of halogens is 2. The Morgan fingerprint density at radius 1 is 1.24 bits per heavy atom. The van der Waals surface area contributed by atoms with E-state index in [0.717, 1.165) is 39.1 Å². The maximum atomic E-state index is 5.80. The van der Waals surface area contributed by atoms with Crippen LogP contribution in [0.3, 0.4) is 0 Å². The molecule has 0 fully saturated rings. The van der Waals surface area contributed by atoms with Gasteiger partial charge in [-0.1, -0.05) is 13.0 Å². The van der Waals surface area contributed by atoms with Crippen LogP contribution in [0.5, 0.6) is 5.75 Å². The molecule has 0 saturated carbocycles. The Morgan fingerprint density at radius 3 is 2.76 bits per heavy atom. The van der Waals surface area contributed by atoms with Gasteiger partial charge in [0.25, 0.3) is 0 Å². The molecule has 0 aliphatic heterocycles. The van der Waals surface area contributed by atoms with Crippen LogP contribution in [0.1, 0.15) is 24.6 Å². The van der Waals surface area contributed by atoms with Gasteiger partial charge in [-0.05, 0) is 69.0 Å². The molecule has 5 heteroatoms. The van der Waals surface area contributed by atoms with E-state index in [9.17, 15) is 0 Å². The summed E-state index contributed by atoms with van der Waals surface area (Å²) in [6.07, 6.45) is 2.79. The van der Waals surface area contributed by atoms with Crippen molar-refractivity contribution in [2.24, 2.45) is 0 Å². The van der Waals surface area contributed by atoms with E-state index in [1.807, 2.05) is 12.1 Å². The highest BCUT2D eigenvalue weighted by Gasteiger charge is 2.06. The van der Waals surface area contributed by atoms with Gasteiger partial charge in [-0.15, -0.1) is 0 Å². The van der Waals surface area contributed by atoms with Gasteiger partial charge in [0.15, 0.2) is 0 Å². The maximum absolute atomic E-state index is 5.80. The van der Waals surface area contributed by atoms with E-state index < -0.39 is 0 Å². The van der Waals surface area contributed by atoms with Crippen molar-refractivity contribution in [2.75, 3.05) is 11.9 Å². The normalized spacial score (nSPS) is 10.5. The van der Waals surface area contributed by atoms with Crippen LogP contribution in [-0.2, 0) is 6.54 Å². The third kappa shape index (κ3) is 4.71. The number of ether oxygens (including phenoxy) is 1. The predicted octanol–water partition coefficient (Wildman–Crippen LogP) is 5.32. The highest BCUT2D eigenvalue weighted by Crippen LogP contribution is 2.27. The molecule has 21 heavy (non-hydrogen) atoms. The van der Waals surface area contributed by atoms with Crippen LogP contribution in [0, 0.1) is 6.92 Å². The molecule has 2 rings (SSSR count). The number of nitrogens with one attached hydrogen (secondary N) is 1. The lowest BCUT2D eigenvalue weighted by atomic mass is 10.2. The molecular formula is C16H18Br2N2O. The molecular weight excluding hydrogens is 396 g/mol. The average molecular weight is 414 g/mol. The molecule has 0 atom stereocenters. The van der Waals surface area contributed by atoms with Crippen molar-refractivity contribution in [3.63, 3.8) is 0 Å². The van der Waals surface area contributed by atoms with Crippen molar-refractivity contribution in [1.82, 2.24) is 4.98 Å². The zero-order valence-corrected chi connectivity index (χ0v) is 15.3. The molecule has 0 saturated heterocycles. The Morgan fingerprint density at radius 2 is 2.05 bits per heavy atom. The summed E-state index contributed by atoms with van der Waals surface area (Å²) in [6.45, 7) is 5.53. The molecule has 0 unspecified atom stereocenters. The van der Waals surface area contributed by atoms with Crippen molar-refractivity contribution in [3.8, 4) is 5.75 Å². The standard InChI is InChI=1S/C16H18Br2N2O/c1-3-6-21-16-7-11(2)4-5-14(16)20-10-15-13(18)8-12(17)9-19-15/h4-5,7-9,20H,3,6,10H2,1-2H3. The topological polar surface area (TPSA) is 34.1 Å². The lowest BCUT2D eigenvalue weighted by Gasteiger charge is -2.14. The van der Waals surface area contributed by atoms with E-state index in [0.29, 0.717) is 6.54 Å². The summed E-state index contributed by atoms with van der Waals surface area (Å²) in [6, 6.07) is 8.17. The fourth-order valence-electron chi connectivity index (χ4n) is 1.86. The second-order valence-electron chi connectivity index (χ2n) is 4.78. The Hall–Kier alpha value is -1.07. The van der Waals surface area contributed by atoms with Crippen LogP contribution in [0.2, 0.25) is 0 Å². The summed E-state index contributed by atoms with van der Waals surface area (Å²) >= 11 is 6.94. The summed E-state index contributed by atoms with van der Waals surface area (Å²) in [4.78, 5) is 4.41. The largest absolute Gasteiger partial charge is 0.491 e. The molecule has 1 heterocycles. The van der Waals surface area contributed by atoms with E-state index >= 15 is 0 Å². The highest BCUT2D eigenvalue weighted by atomic mass is 79.9. The maximum Gasteiger partial charge on any atom is 0.142 e. The van der Waals surface area contributed by atoms with E-state index in [1.165, 1.54) is 5.56 Å². The molecule has 1 N–H and O–H groups in total. The first-order valence-electron chi connectivity index (χ1n) is 6.87. The highest BCUT2D eigenvalue weighted by molar-refractivity contribution is 9.11. The first-order valence-corrected chi connectivity index (χ1v) is 8.46. The number of anilines is 1. The number of rotatable bonds is 6. The van der Waals surface area contributed by atoms with Gasteiger partial charge in [0.05, 0.1) is 24.5 Å². The molecule has 0 aliphatic carbocycles. The van der Waals surface area contributed by atoms with Crippen molar-refractivity contribution in [2.45, 2.75) is 26.8 Å². The van der Waals surface area contributed by atoms with Crippen molar-refractivity contribution in [3.05, 3.63) is 50.7 Å². The summed E-state index contributed by atoms with van der Waals surface area (Å²) in [5.74, 6) is 0.894. The minimum Gasteiger partial charge on any atom is -0.491 e. The average Bonchev–Trinajstić information content (AvgIpc) is 2.45. The smallest absolute Gasteiger partial charge is 0.142 e. The van der Waals surface area contributed by atoms with Gasteiger partial charge in [0, 0.05) is 15.1 Å². The molecule has 2 aromatic rings. The van der Waals surface area contributed by atoms with Crippen LogP contribution in [-0.4, -0.2) is 11.6 Å². The van der Waals surface area contributed by atoms with Gasteiger partial charge >= 0.3 is 0 Å². The van der Waals surface area contributed by atoms with E-state index in [2.05, 4.69) is 68.1 Å². The third-order valence-electron chi connectivity index (χ3n) is 2.93. The predicted molar refractivity (Wildman–Crippen MR) is 93.9 cm³/mol. The van der Waals surface area contributed by atoms with Crippen molar-refractivity contribution < 1.29 is 4.74 Å². The lowest BCUT2D eigenvalue weighted by molar-refractivity contribution is 0.318. The van der Waals surface area contributed by atoms with Gasteiger partial charge in [-0.3, -0.25) is 4.98 Å². The van der Waals surface area contributed by atoms with Crippen molar-refractivity contribution in [1.29, 1.82) is 0 Å². The van der Waals surface area contributed by atoms with Crippen LogP contribution in [0.25, 0.3) is 0 Å². The molecule has 3 nitrogen and oxygen atoms in total. The van der Waals surface area contributed by atoms with Crippen LogP contribution in [0.15, 0.2) is 39.4 Å². The summed E-state index contributed by atoms with van der Waals surface area (Å²) < 4.78 is 7.74. The fourth-order valence-corrected chi connectivity index (χ4v) is 2.99. The lowest BCUT2D eigenvalue weighted by Crippen LogP contribution is -2.05. The number of hydrogen-bond donors (Lipinski definition) is 1. The quantitative estimate of drug-likeness (QED) is 0.696. The Labute approximate surface area is 142 Å². The minimum absolute atomic E-state index is 0.638. The van der Waals surface area contributed by atoms with E-state index in [1.54, 1.807) is 6.20 Å². The Kier molecular flexibility index (Phi) is 6.06. The summed E-state index contributed by atoms with van der Waals surface area (Å²) in [7, 11) is 0. The molecule has 0 amide bonds. The number of aromatic nitrogens is 1. The number of nitrogens with zero attached hydrogens (tertiary/aromatic N) is 1. The number of pyridine rings is 1. The Bertz CT molecular complexity index is 617. The second-order valence-corrected chi connectivity index (χ2v) is 6.55. The third-order valence-corrected chi connectivity index (χ3v) is 4.05. The zero-order chi connectivity index (χ0) is 15.2. The number of aryl methyl sites for hydroxylation is 1. The summed E-state index contributed by atoms with van der Waals surface area (Å²) in [5.41, 5.74) is 3.14. The first-order chi connectivity index (χ1) is 10.1. The molecule has 0 bridgehead atoms. The van der Waals surface area contributed by atoms with Crippen molar-refractivity contribution >= 4 is 37.5 Å². The monoisotopic (exact) mass is 412 g/mol. The number of benzene rings is 1. The first kappa shape index (κ1) is 16.3. The molecule has 1 aromatic heterocycles. The van der Waals surface area contributed by atoms with Gasteiger partial charge < -0.3 is 10.1 Å². The van der Waals surface area contributed by atoms with Gasteiger partial charge in [-0.25, -0.2) is 0 Å². The molecule has 1 aromatic carbocycles. The molecule has 0 aliphatic rings. The van der Waals surface area contributed by atoms with Crippen LogP contribution < -0.4 is 10.1 Å². The van der Waals surface area contributed by atoms with Crippen LogP contribution in [0.4, 0.5) is 5.69 Å². The SMILES string of the molecule is CCCOc1cc(C)ccc1NCc1ncc(Br)cc1Br. The fraction of sp³-hybridized carbons (Fsp3) is 0.312. The van der Waals surface area contributed by atoms with Gasteiger partial charge in [-0.2, -0.15) is 0 Å². The zero-order valence-electron chi connectivity index (χ0n) is 12.1. The van der Waals surface area contributed by atoms with E-state index in [4.69, 9.17) is 4.74 Å². The molecule has 0 radical (unpaired) electrons. The van der Waals surface area contributed by atoms with Gasteiger partial charge in [0.2, 0.25) is 0 Å². The minimum atomic E-state index is 0.638. The Balaban J connectivity index is 2.11. The summed E-state index contributed by atoms with van der Waals surface area (Å²) in [5, 5.41) is 3.39. The number of hydrogen-bond acceptors (Lipinski definition) is 3.